The molecule has 9 atom stereocenters. The fourth-order valence-electron chi connectivity index (χ4n) is 9.85. The van der Waals surface area contributed by atoms with Gasteiger partial charge in [-0.05, 0) is 94.1 Å². The van der Waals surface area contributed by atoms with E-state index in [4.69, 9.17) is 10.7 Å². The maximum atomic E-state index is 11.7. The predicted molar refractivity (Wildman–Crippen MR) is 156 cm³/mol. The Morgan fingerprint density at radius 1 is 0.897 bits per heavy atom. The number of carbonyl (C=O) groups excluding carboxylic acids is 1. The fraction of sp³-hybridized carbons (Fsp3) is 0.758. The number of piperidine rings is 3. The van der Waals surface area contributed by atoms with Crippen LogP contribution in [0.4, 0.5) is 0 Å². The molecule has 1 unspecified atom stereocenters. The fourth-order valence-corrected chi connectivity index (χ4v) is 9.85. The number of benzene rings is 1. The van der Waals surface area contributed by atoms with Gasteiger partial charge in [-0.25, -0.2) is 4.98 Å². The number of imidazole rings is 1. The largest absolute Gasteiger partial charge is 0.370 e. The number of para-hydroxylation sites is 2. The Morgan fingerprint density at radius 2 is 1.69 bits per heavy atom. The van der Waals surface area contributed by atoms with Crippen molar-refractivity contribution in [3.63, 3.8) is 0 Å². The third kappa shape index (κ3) is 5.05. The molecule has 4 heterocycles. The van der Waals surface area contributed by atoms with Crippen LogP contribution in [0.3, 0.4) is 0 Å². The van der Waals surface area contributed by atoms with E-state index in [1.807, 2.05) is 0 Å². The summed E-state index contributed by atoms with van der Waals surface area (Å²) >= 11 is 0. The summed E-state index contributed by atoms with van der Waals surface area (Å²) in [5, 5.41) is 3.80. The molecule has 2 aliphatic carbocycles. The Kier molecular flexibility index (Phi) is 7.21. The number of hydrogen-bond donors (Lipinski definition) is 2. The molecule has 1 amide bonds. The number of nitrogens with two attached hydrogens (primary N) is 1. The first-order valence-corrected chi connectivity index (χ1v) is 16.3. The lowest BCUT2D eigenvalue weighted by atomic mass is 9.71. The van der Waals surface area contributed by atoms with Crippen LogP contribution in [0.5, 0.6) is 0 Å². The van der Waals surface area contributed by atoms with E-state index in [1.54, 1.807) is 0 Å². The highest BCUT2D eigenvalue weighted by Gasteiger charge is 2.47. The number of rotatable bonds is 5. The maximum absolute atomic E-state index is 11.7. The van der Waals surface area contributed by atoms with Crippen LogP contribution in [0.1, 0.15) is 121 Å². The molecule has 5 fully saturated rings. The molecule has 212 valence electrons. The normalized spacial score (nSPS) is 39.4. The number of amides is 1. The van der Waals surface area contributed by atoms with Crippen LogP contribution >= 0.6 is 0 Å². The Hall–Kier alpha value is -1.92. The van der Waals surface area contributed by atoms with Gasteiger partial charge in [0.25, 0.3) is 0 Å². The average molecular weight is 532 g/mol. The van der Waals surface area contributed by atoms with Gasteiger partial charge < -0.3 is 15.6 Å². The molecule has 1 aromatic heterocycles. The molecule has 4 bridgehead atoms. The van der Waals surface area contributed by atoms with Gasteiger partial charge in [0.05, 0.1) is 17.1 Å². The van der Waals surface area contributed by atoms with Crippen LogP contribution in [0.15, 0.2) is 24.3 Å². The molecule has 3 saturated heterocycles. The van der Waals surface area contributed by atoms with Crippen LogP contribution in [0.2, 0.25) is 0 Å². The minimum atomic E-state index is -0.210. The third-order valence-electron chi connectivity index (χ3n) is 11.5. The Morgan fingerprint density at radius 3 is 2.49 bits per heavy atom. The predicted octanol–water partition coefficient (Wildman–Crippen LogP) is 6.26. The van der Waals surface area contributed by atoms with Gasteiger partial charge in [0.1, 0.15) is 5.82 Å². The minimum Gasteiger partial charge on any atom is -0.370 e. The van der Waals surface area contributed by atoms with Gasteiger partial charge in [0.15, 0.2) is 0 Å². The minimum absolute atomic E-state index is 0.158. The van der Waals surface area contributed by atoms with Crippen LogP contribution in [-0.2, 0) is 4.79 Å². The van der Waals surface area contributed by atoms with Crippen LogP contribution in [0.25, 0.3) is 11.0 Å². The Bertz CT molecular complexity index is 1160. The average Bonchev–Trinajstić information content (AvgIpc) is 3.23. The molecule has 1 aromatic carbocycles. The zero-order valence-corrected chi connectivity index (χ0v) is 23.9. The van der Waals surface area contributed by atoms with E-state index in [-0.39, 0.29) is 18.0 Å². The molecular formula is C33H49N5O. The van der Waals surface area contributed by atoms with Crippen LogP contribution in [0, 0.1) is 17.8 Å². The number of hydrogen-bond acceptors (Lipinski definition) is 4. The van der Waals surface area contributed by atoms with Crippen LogP contribution < -0.4 is 11.1 Å². The lowest BCUT2D eigenvalue weighted by Crippen LogP contribution is -2.60. The molecular weight excluding hydrogens is 482 g/mol. The monoisotopic (exact) mass is 531 g/mol. The van der Waals surface area contributed by atoms with E-state index < -0.39 is 0 Å². The summed E-state index contributed by atoms with van der Waals surface area (Å²) in [6, 6.07) is 11.8. The van der Waals surface area contributed by atoms with Crippen molar-refractivity contribution >= 4 is 16.9 Å². The van der Waals surface area contributed by atoms with Crippen molar-refractivity contribution < 1.29 is 4.79 Å². The van der Waals surface area contributed by atoms with Gasteiger partial charge >= 0.3 is 0 Å². The molecule has 0 radical (unpaired) electrons. The van der Waals surface area contributed by atoms with Gasteiger partial charge in [0, 0.05) is 36.6 Å². The second kappa shape index (κ2) is 10.8. The number of nitrogens with one attached hydrogen (secondary N) is 1. The summed E-state index contributed by atoms with van der Waals surface area (Å²) in [7, 11) is 0. The van der Waals surface area contributed by atoms with Crippen molar-refractivity contribution in [2.45, 2.75) is 139 Å². The molecule has 0 spiro atoms. The first-order chi connectivity index (χ1) is 19.0. The maximum Gasteiger partial charge on any atom is 0.218 e. The van der Waals surface area contributed by atoms with E-state index in [9.17, 15) is 4.79 Å². The highest BCUT2D eigenvalue weighted by Crippen LogP contribution is 2.49. The molecule has 2 saturated carbocycles. The van der Waals surface area contributed by atoms with E-state index in [0.717, 1.165) is 48.6 Å². The second-order valence-corrected chi connectivity index (χ2v) is 14.1. The first kappa shape index (κ1) is 26.0. The van der Waals surface area contributed by atoms with Gasteiger partial charge in [-0.1, -0.05) is 44.7 Å². The molecule has 6 nitrogen and oxygen atoms in total. The zero-order valence-electron chi connectivity index (χ0n) is 23.9. The molecule has 2 aromatic rings. The molecule has 5 aliphatic rings. The topological polar surface area (TPSA) is 76.2 Å². The van der Waals surface area contributed by atoms with Gasteiger partial charge in [-0.3, -0.25) is 9.69 Å². The highest BCUT2D eigenvalue weighted by molar-refractivity contribution is 5.76. The summed E-state index contributed by atoms with van der Waals surface area (Å²) in [6.45, 7) is 2.54. The lowest BCUT2D eigenvalue weighted by Gasteiger charge is -2.56. The summed E-state index contributed by atoms with van der Waals surface area (Å²) in [6.07, 6.45) is 19.1. The van der Waals surface area contributed by atoms with Gasteiger partial charge in [-0.15, -0.1) is 0 Å². The second-order valence-electron chi connectivity index (χ2n) is 14.1. The number of aromatic nitrogens is 2. The summed E-state index contributed by atoms with van der Waals surface area (Å²) in [5.74, 6) is 3.69. The van der Waals surface area contributed by atoms with Gasteiger partial charge in [-0.2, -0.15) is 0 Å². The standard InChI is InChI=1S/C33H49N5O/c1-21-13-14-25-19-27(20-31(21)37(25)26-16-22-7-2-3-8-23(15-22)17-26)38-30-12-5-4-10-28(30)36-33(38)29-11-6-9-24(35-29)18-32(34)39/h4-5,10,12,21-27,29,31,35H,2-3,6-9,11,13-20H2,1H3,(H2,34,39)/t21-,22-,23+,24?,25+,26-,27-,29-,31+/m1/s1. The SMILES string of the molecule is C[C@@H]1CC[C@H]2C[C@@H](n3c([C@H]4CCCC(CC(N)=O)N4)nc4ccccc43)C[C@@H]1N2[C@@H]1C[C@@H]2CCCC[C@@H](C2)C1. The third-order valence-corrected chi connectivity index (χ3v) is 11.5. The van der Waals surface area contributed by atoms with E-state index in [2.05, 4.69) is 46.0 Å². The summed E-state index contributed by atoms with van der Waals surface area (Å²) < 4.78 is 2.65. The van der Waals surface area contributed by atoms with E-state index in [0.29, 0.717) is 24.5 Å². The highest BCUT2D eigenvalue weighted by atomic mass is 16.1. The number of carbonyl (C=O) groups is 1. The quantitative estimate of drug-likeness (QED) is 0.478. The van der Waals surface area contributed by atoms with E-state index in [1.165, 1.54) is 82.0 Å². The van der Waals surface area contributed by atoms with Crippen molar-refractivity contribution in [1.29, 1.82) is 0 Å². The number of primary amides is 1. The molecule has 39 heavy (non-hydrogen) atoms. The van der Waals surface area contributed by atoms with Crippen molar-refractivity contribution in [2.24, 2.45) is 23.5 Å². The smallest absolute Gasteiger partial charge is 0.218 e. The molecule has 6 heteroatoms. The Labute approximate surface area is 234 Å². The van der Waals surface area contributed by atoms with Crippen LogP contribution in [-0.4, -0.2) is 44.5 Å². The van der Waals surface area contributed by atoms with Gasteiger partial charge in [0.2, 0.25) is 5.91 Å². The Balaban J connectivity index is 1.19. The number of fused-ring (bicyclic) bond motifs is 5. The number of nitrogens with zero attached hydrogens (tertiary/aromatic N) is 3. The van der Waals surface area contributed by atoms with Crippen molar-refractivity contribution in [3.8, 4) is 0 Å². The summed E-state index contributed by atoms with van der Waals surface area (Å²) in [4.78, 5) is 20.1. The van der Waals surface area contributed by atoms with Crippen molar-refractivity contribution in [1.82, 2.24) is 19.8 Å². The van der Waals surface area contributed by atoms with Crippen molar-refractivity contribution in [3.05, 3.63) is 30.1 Å². The lowest BCUT2D eigenvalue weighted by molar-refractivity contribution is -0.118. The molecule has 7 rings (SSSR count). The molecule has 3 aliphatic heterocycles. The summed E-state index contributed by atoms with van der Waals surface area (Å²) in [5.41, 5.74) is 7.99. The zero-order chi connectivity index (χ0) is 26.5. The van der Waals surface area contributed by atoms with Crippen molar-refractivity contribution in [2.75, 3.05) is 0 Å². The first-order valence-electron chi connectivity index (χ1n) is 16.3. The molecule has 3 N–H and O–H groups in total. The van der Waals surface area contributed by atoms with E-state index >= 15 is 0 Å².